The monoisotopic (exact) mass is 125 g/mol. The maximum absolute atomic E-state index is 8.55. The lowest BCUT2D eigenvalue weighted by Gasteiger charge is -2.22. The minimum Gasteiger partial charge on any atom is -0.336 e. The standard InChI is InChI=1S/C7H12N2/c1-9-4-2-3-7(5-8)6-9/h7H,2-4,6H2,1H3/p+1. The molecule has 2 unspecified atom stereocenters. The van der Waals surface area contributed by atoms with Crippen molar-refractivity contribution in [1.82, 2.24) is 0 Å². The zero-order valence-corrected chi connectivity index (χ0v) is 5.85. The molecule has 1 aliphatic heterocycles. The van der Waals surface area contributed by atoms with Crippen LogP contribution in [0.2, 0.25) is 0 Å². The first-order valence-corrected chi connectivity index (χ1v) is 3.54. The summed E-state index contributed by atoms with van der Waals surface area (Å²) in [6, 6.07) is 2.31. The first-order valence-electron chi connectivity index (χ1n) is 3.54. The van der Waals surface area contributed by atoms with Crippen molar-refractivity contribution in [2.45, 2.75) is 12.8 Å². The average molecular weight is 125 g/mol. The van der Waals surface area contributed by atoms with Crippen LogP contribution in [0.4, 0.5) is 0 Å². The lowest BCUT2D eigenvalue weighted by Crippen LogP contribution is -3.10. The molecule has 0 saturated carbocycles. The summed E-state index contributed by atoms with van der Waals surface area (Å²) in [6.45, 7) is 2.30. The van der Waals surface area contributed by atoms with Gasteiger partial charge in [-0.2, -0.15) is 5.26 Å². The van der Waals surface area contributed by atoms with Gasteiger partial charge in [0.05, 0.1) is 32.1 Å². The molecule has 0 spiro atoms. The van der Waals surface area contributed by atoms with E-state index in [1.54, 1.807) is 0 Å². The molecule has 0 radical (unpaired) electrons. The molecule has 0 aliphatic carbocycles. The van der Waals surface area contributed by atoms with E-state index in [1.807, 2.05) is 0 Å². The number of hydrogen-bond donors (Lipinski definition) is 1. The van der Waals surface area contributed by atoms with Gasteiger partial charge in [0.1, 0.15) is 0 Å². The summed E-state index contributed by atoms with van der Waals surface area (Å²) in [5, 5.41) is 8.55. The number of piperidine rings is 1. The molecule has 0 amide bonds. The average Bonchev–Trinajstić information content (AvgIpc) is 1.88. The topological polar surface area (TPSA) is 28.2 Å². The van der Waals surface area contributed by atoms with E-state index in [2.05, 4.69) is 13.1 Å². The Morgan fingerprint density at radius 3 is 2.89 bits per heavy atom. The highest BCUT2D eigenvalue weighted by molar-refractivity contribution is 4.82. The van der Waals surface area contributed by atoms with Gasteiger partial charge in [0.15, 0.2) is 0 Å². The smallest absolute Gasteiger partial charge is 0.0954 e. The fraction of sp³-hybridized carbons (Fsp3) is 0.857. The first-order chi connectivity index (χ1) is 4.33. The molecule has 9 heavy (non-hydrogen) atoms. The number of hydrogen-bond acceptors (Lipinski definition) is 1. The molecular formula is C7H13N2+. The van der Waals surface area contributed by atoms with Crippen molar-refractivity contribution < 1.29 is 4.90 Å². The van der Waals surface area contributed by atoms with E-state index in [9.17, 15) is 0 Å². The predicted octanol–water partition coefficient (Wildman–Crippen LogP) is -0.565. The maximum Gasteiger partial charge on any atom is 0.0954 e. The molecule has 1 heterocycles. The van der Waals surface area contributed by atoms with Gasteiger partial charge in [-0.15, -0.1) is 0 Å². The Morgan fingerprint density at radius 2 is 2.44 bits per heavy atom. The van der Waals surface area contributed by atoms with E-state index in [0.29, 0.717) is 5.92 Å². The number of rotatable bonds is 0. The highest BCUT2D eigenvalue weighted by Gasteiger charge is 2.18. The molecule has 0 bridgehead atoms. The van der Waals surface area contributed by atoms with E-state index >= 15 is 0 Å². The molecule has 0 aromatic carbocycles. The second-order valence-corrected chi connectivity index (χ2v) is 2.88. The van der Waals surface area contributed by atoms with Gasteiger partial charge in [-0.1, -0.05) is 0 Å². The van der Waals surface area contributed by atoms with Crippen LogP contribution >= 0.6 is 0 Å². The summed E-state index contributed by atoms with van der Waals surface area (Å²) >= 11 is 0. The minimum absolute atomic E-state index is 0.332. The zero-order chi connectivity index (χ0) is 6.69. The molecule has 50 valence electrons. The summed E-state index contributed by atoms with van der Waals surface area (Å²) < 4.78 is 0. The molecule has 1 rings (SSSR count). The van der Waals surface area contributed by atoms with E-state index in [1.165, 1.54) is 17.9 Å². The van der Waals surface area contributed by atoms with Crippen LogP contribution < -0.4 is 4.90 Å². The Bertz CT molecular complexity index is 125. The highest BCUT2D eigenvalue weighted by atomic mass is 15.1. The van der Waals surface area contributed by atoms with Crippen molar-refractivity contribution in [3.63, 3.8) is 0 Å². The lowest BCUT2D eigenvalue weighted by molar-refractivity contribution is -0.887. The third-order valence-electron chi connectivity index (χ3n) is 1.93. The lowest BCUT2D eigenvalue weighted by atomic mass is 10.0. The van der Waals surface area contributed by atoms with Gasteiger partial charge >= 0.3 is 0 Å². The molecule has 1 aliphatic rings. The Morgan fingerprint density at radius 1 is 1.67 bits per heavy atom. The summed E-state index contributed by atoms with van der Waals surface area (Å²) in [4.78, 5) is 1.51. The van der Waals surface area contributed by atoms with Gasteiger partial charge in [0, 0.05) is 0 Å². The second kappa shape index (κ2) is 2.84. The SMILES string of the molecule is C[NH+]1CCCC(C#N)C1. The summed E-state index contributed by atoms with van der Waals surface area (Å²) in [5.41, 5.74) is 0. The van der Waals surface area contributed by atoms with Crippen LogP contribution in [0, 0.1) is 17.2 Å². The van der Waals surface area contributed by atoms with E-state index in [-0.39, 0.29) is 0 Å². The summed E-state index contributed by atoms with van der Waals surface area (Å²) in [6.07, 6.45) is 2.35. The van der Waals surface area contributed by atoms with Crippen molar-refractivity contribution in [3.05, 3.63) is 0 Å². The van der Waals surface area contributed by atoms with Crippen molar-refractivity contribution in [2.24, 2.45) is 5.92 Å². The van der Waals surface area contributed by atoms with E-state index in [4.69, 9.17) is 5.26 Å². The molecule has 1 fully saturated rings. The van der Waals surface area contributed by atoms with Crippen LogP contribution in [-0.4, -0.2) is 20.1 Å². The molecule has 1 saturated heterocycles. The van der Waals surface area contributed by atoms with E-state index in [0.717, 1.165) is 13.0 Å². The van der Waals surface area contributed by atoms with Gasteiger partial charge in [-0.25, -0.2) is 0 Å². The van der Waals surface area contributed by atoms with Crippen molar-refractivity contribution >= 4 is 0 Å². The van der Waals surface area contributed by atoms with Crippen LogP contribution in [0.15, 0.2) is 0 Å². The number of nitrogens with zero attached hydrogens (tertiary/aromatic N) is 1. The summed E-state index contributed by atoms with van der Waals surface area (Å²) in [7, 11) is 2.16. The fourth-order valence-electron chi connectivity index (χ4n) is 1.39. The quantitative estimate of drug-likeness (QED) is 0.461. The maximum atomic E-state index is 8.55. The Labute approximate surface area is 56.1 Å². The number of nitriles is 1. The molecule has 2 heteroatoms. The van der Waals surface area contributed by atoms with E-state index < -0.39 is 0 Å². The zero-order valence-electron chi connectivity index (χ0n) is 5.85. The van der Waals surface area contributed by atoms with Crippen LogP contribution in [0.1, 0.15) is 12.8 Å². The van der Waals surface area contributed by atoms with Crippen molar-refractivity contribution in [2.75, 3.05) is 20.1 Å². The van der Waals surface area contributed by atoms with Gasteiger partial charge < -0.3 is 4.90 Å². The van der Waals surface area contributed by atoms with Crippen LogP contribution in [0.25, 0.3) is 0 Å². The molecule has 0 aromatic rings. The van der Waals surface area contributed by atoms with Crippen LogP contribution in [0.5, 0.6) is 0 Å². The molecule has 2 atom stereocenters. The van der Waals surface area contributed by atoms with Crippen LogP contribution in [-0.2, 0) is 0 Å². The molecular weight excluding hydrogens is 112 g/mol. The molecule has 0 aromatic heterocycles. The second-order valence-electron chi connectivity index (χ2n) is 2.88. The number of nitrogens with one attached hydrogen (secondary N) is 1. The third kappa shape index (κ3) is 1.69. The Balaban J connectivity index is 2.34. The first kappa shape index (κ1) is 6.57. The van der Waals surface area contributed by atoms with Crippen molar-refractivity contribution in [3.8, 4) is 6.07 Å². The van der Waals surface area contributed by atoms with Gasteiger partial charge in [-0.3, -0.25) is 0 Å². The van der Waals surface area contributed by atoms with Crippen LogP contribution in [0.3, 0.4) is 0 Å². The van der Waals surface area contributed by atoms with Gasteiger partial charge in [0.2, 0.25) is 0 Å². The highest BCUT2D eigenvalue weighted by Crippen LogP contribution is 2.03. The minimum atomic E-state index is 0.332. The largest absolute Gasteiger partial charge is 0.336 e. The van der Waals surface area contributed by atoms with Gasteiger partial charge in [0.25, 0.3) is 0 Å². The third-order valence-corrected chi connectivity index (χ3v) is 1.93. The van der Waals surface area contributed by atoms with Crippen molar-refractivity contribution in [1.29, 1.82) is 5.26 Å². The van der Waals surface area contributed by atoms with Gasteiger partial charge in [-0.05, 0) is 12.8 Å². The predicted molar refractivity (Wildman–Crippen MR) is 35.0 cm³/mol. The molecule has 2 nitrogen and oxygen atoms in total. The normalized spacial score (nSPS) is 35.6. The number of quaternary nitrogens is 1. The number of likely N-dealkylation sites (tertiary alicyclic amines) is 1. The Hall–Kier alpha value is -0.550. The molecule has 1 N–H and O–H groups in total. The summed E-state index contributed by atoms with van der Waals surface area (Å²) in [5.74, 6) is 0.332. The Kier molecular flexibility index (Phi) is 2.07. The fourth-order valence-corrected chi connectivity index (χ4v) is 1.39.